The molecule has 3 heteroatoms. The molecule has 0 unspecified atom stereocenters. The molecule has 3 nitrogen and oxygen atoms in total. The number of nitrogens with zero attached hydrogens (tertiary/aromatic N) is 2. The molecule has 1 heterocycles. The van der Waals surface area contributed by atoms with Gasteiger partial charge in [0.25, 0.3) is 0 Å². The Morgan fingerprint density at radius 3 is 2.67 bits per heavy atom. The van der Waals surface area contributed by atoms with E-state index in [2.05, 4.69) is 21.8 Å². The Morgan fingerprint density at radius 1 is 1.20 bits per heavy atom. The Kier molecular flexibility index (Phi) is 5.90. The fourth-order valence-corrected chi connectivity index (χ4v) is 1.78. The predicted molar refractivity (Wildman–Crippen MR) is 65.1 cm³/mol. The second-order valence-corrected chi connectivity index (χ2v) is 3.96. The van der Waals surface area contributed by atoms with E-state index < -0.39 is 0 Å². The number of imidazole rings is 1. The summed E-state index contributed by atoms with van der Waals surface area (Å²) in [6, 6.07) is 0. The molecule has 1 N–H and O–H groups in total. The van der Waals surface area contributed by atoms with Gasteiger partial charge in [0, 0.05) is 26.0 Å². The Labute approximate surface area is 92.9 Å². The van der Waals surface area contributed by atoms with Crippen LogP contribution in [0.1, 0.15) is 45.4 Å². The van der Waals surface area contributed by atoms with E-state index in [1.165, 1.54) is 38.5 Å². The molecule has 0 saturated heterocycles. The highest BCUT2D eigenvalue weighted by molar-refractivity contribution is 5.23. The van der Waals surface area contributed by atoms with Gasteiger partial charge in [-0.1, -0.05) is 39.0 Å². The van der Waals surface area contributed by atoms with E-state index in [0.29, 0.717) is 0 Å². The average molecular weight is 209 g/mol. The Hall–Kier alpha value is -0.990. The van der Waals surface area contributed by atoms with Gasteiger partial charge in [0.1, 0.15) is 0 Å². The minimum absolute atomic E-state index is 0.976. The van der Waals surface area contributed by atoms with E-state index in [-0.39, 0.29) is 0 Å². The fraction of sp³-hybridized carbons (Fsp3) is 0.750. The maximum absolute atomic E-state index is 4.21. The van der Waals surface area contributed by atoms with E-state index in [0.717, 1.165) is 12.5 Å². The number of rotatable bonds is 8. The van der Waals surface area contributed by atoms with Crippen molar-refractivity contribution in [2.75, 3.05) is 12.4 Å². The van der Waals surface area contributed by atoms with E-state index in [9.17, 15) is 0 Å². The van der Waals surface area contributed by atoms with Gasteiger partial charge in [-0.25, -0.2) is 4.98 Å². The van der Waals surface area contributed by atoms with Crippen molar-refractivity contribution in [3.63, 3.8) is 0 Å². The number of hydrogen-bond donors (Lipinski definition) is 1. The van der Waals surface area contributed by atoms with Crippen LogP contribution >= 0.6 is 0 Å². The Balaban J connectivity index is 2.09. The molecule has 0 amide bonds. The molecule has 1 aromatic heterocycles. The van der Waals surface area contributed by atoms with Crippen LogP contribution in [0.4, 0.5) is 5.95 Å². The summed E-state index contributed by atoms with van der Waals surface area (Å²) >= 11 is 0. The first-order valence-electron chi connectivity index (χ1n) is 6.07. The highest BCUT2D eigenvalue weighted by atomic mass is 15.2. The molecule has 0 spiro atoms. The Bertz CT molecular complexity index is 255. The smallest absolute Gasteiger partial charge is 0.202 e. The van der Waals surface area contributed by atoms with Crippen LogP contribution in [-0.2, 0) is 6.54 Å². The molecule has 1 rings (SSSR count). The second kappa shape index (κ2) is 7.32. The average Bonchev–Trinajstić information content (AvgIpc) is 2.70. The molecule has 0 bridgehead atoms. The molecule has 0 aliphatic rings. The minimum atomic E-state index is 0.976. The first-order valence-corrected chi connectivity index (χ1v) is 6.07. The third-order valence-electron chi connectivity index (χ3n) is 2.69. The van der Waals surface area contributed by atoms with Crippen LogP contribution in [0, 0.1) is 0 Å². The lowest BCUT2D eigenvalue weighted by Crippen LogP contribution is -2.02. The first-order chi connectivity index (χ1) is 7.38. The number of aromatic nitrogens is 2. The van der Waals surface area contributed by atoms with Crippen molar-refractivity contribution in [3.8, 4) is 0 Å². The van der Waals surface area contributed by atoms with Crippen molar-refractivity contribution < 1.29 is 0 Å². The maximum atomic E-state index is 4.21. The molecule has 1 aromatic rings. The van der Waals surface area contributed by atoms with Crippen molar-refractivity contribution in [2.24, 2.45) is 0 Å². The number of hydrogen-bond acceptors (Lipinski definition) is 2. The quantitative estimate of drug-likeness (QED) is 0.666. The number of anilines is 1. The fourth-order valence-electron chi connectivity index (χ4n) is 1.78. The molecular weight excluding hydrogens is 186 g/mol. The number of aryl methyl sites for hydroxylation is 1. The summed E-state index contributed by atoms with van der Waals surface area (Å²) in [6.07, 6.45) is 12.0. The lowest BCUT2D eigenvalue weighted by Gasteiger charge is -2.06. The van der Waals surface area contributed by atoms with Gasteiger partial charge in [0.05, 0.1) is 0 Å². The van der Waals surface area contributed by atoms with Crippen molar-refractivity contribution in [2.45, 2.75) is 52.0 Å². The second-order valence-electron chi connectivity index (χ2n) is 3.96. The molecule has 0 fully saturated rings. The van der Waals surface area contributed by atoms with Crippen LogP contribution < -0.4 is 5.32 Å². The van der Waals surface area contributed by atoms with Crippen LogP contribution in [0.25, 0.3) is 0 Å². The number of unbranched alkanes of at least 4 members (excludes halogenated alkanes) is 5. The van der Waals surface area contributed by atoms with E-state index >= 15 is 0 Å². The summed E-state index contributed by atoms with van der Waals surface area (Å²) < 4.78 is 2.18. The van der Waals surface area contributed by atoms with Crippen LogP contribution in [0.15, 0.2) is 12.4 Å². The molecule has 0 aliphatic carbocycles. The molecule has 15 heavy (non-hydrogen) atoms. The summed E-state index contributed by atoms with van der Waals surface area (Å²) in [4.78, 5) is 4.21. The molecule has 0 radical (unpaired) electrons. The van der Waals surface area contributed by atoms with Gasteiger partial charge in [0.15, 0.2) is 0 Å². The van der Waals surface area contributed by atoms with E-state index in [1.807, 2.05) is 19.4 Å². The topological polar surface area (TPSA) is 29.9 Å². The van der Waals surface area contributed by atoms with Crippen LogP contribution in [0.3, 0.4) is 0 Å². The van der Waals surface area contributed by atoms with Gasteiger partial charge < -0.3 is 9.88 Å². The molecule has 0 aromatic carbocycles. The lowest BCUT2D eigenvalue weighted by atomic mass is 10.1. The van der Waals surface area contributed by atoms with Crippen LogP contribution in [0.5, 0.6) is 0 Å². The highest BCUT2D eigenvalue weighted by Crippen LogP contribution is 2.09. The van der Waals surface area contributed by atoms with Crippen molar-refractivity contribution >= 4 is 5.95 Å². The molecule has 86 valence electrons. The molecule has 0 aliphatic heterocycles. The van der Waals surface area contributed by atoms with Crippen LogP contribution in [0.2, 0.25) is 0 Å². The summed E-state index contributed by atoms with van der Waals surface area (Å²) in [5, 5.41) is 3.09. The third-order valence-corrected chi connectivity index (χ3v) is 2.69. The standard InChI is InChI=1S/C12H23N3/c1-3-4-5-6-7-8-10-15-11-9-14-12(15)13-2/h9,11H,3-8,10H2,1-2H3,(H,13,14). The summed E-state index contributed by atoms with van der Waals surface area (Å²) in [5.74, 6) is 0.976. The summed E-state index contributed by atoms with van der Waals surface area (Å²) in [7, 11) is 1.92. The minimum Gasteiger partial charge on any atom is -0.359 e. The van der Waals surface area contributed by atoms with Crippen molar-refractivity contribution in [1.29, 1.82) is 0 Å². The third kappa shape index (κ3) is 4.36. The van der Waals surface area contributed by atoms with Gasteiger partial charge in [-0.15, -0.1) is 0 Å². The zero-order valence-corrected chi connectivity index (χ0v) is 10.00. The molecular formula is C12H23N3. The van der Waals surface area contributed by atoms with Gasteiger partial charge in [-0.05, 0) is 6.42 Å². The summed E-state index contributed by atoms with van der Waals surface area (Å²) in [5.41, 5.74) is 0. The van der Waals surface area contributed by atoms with Crippen LogP contribution in [-0.4, -0.2) is 16.6 Å². The van der Waals surface area contributed by atoms with Gasteiger partial charge in [0.2, 0.25) is 5.95 Å². The van der Waals surface area contributed by atoms with Crippen molar-refractivity contribution in [3.05, 3.63) is 12.4 Å². The summed E-state index contributed by atoms with van der Waals surface area (Å²) in [6.45, 7) is 3.34. The first kappa shape index (κ1) is 12.1. The predicted octanol–water partition coefficient (Wildman–Crippen LogP) is 3.29. The largest absolute Gasteiger partial charge is 0.359 e. The van der Waals surface area contributed by atoms with Gasteiger partial charge in [-0.3, -0.25) is 0 Å². The SMILES string of the molecule is CCCCCCCCn1ccnc1NC. The zero-order chi connectivity index (χ0) is 10.9. The van der Waals surface area contributed by atoms with Gasteiger partial charge >= 0.3 is 0 Å². The normalized spacial score (nSPS) is 10.5. The Morgan fingerprint density at radius 2 is 1.93 bits per heavy atom. The number of nitrogens with one attached hydrogen (secondary N) is 1. The lowest BCUT2D eigenvalue weighted by molar-refractivity contribution is 0.560. The van der Waals surface area contributed by atoms with E-state index in [1.54, 1.807) is 0 Å². The molecule has 0 atom stereocenters. The van der Waals surface area contributed by atoms with Gasteiger partial charge in [-0.2, -0.15) is 0 Å². The monoisotopic (exact) mass is 209 g/mol. The zero-order valence-electron chi connectivity index (χ0n) is 10.00. The van der Waals surface area contributed by atoms with E-state index in [4.69, 9.17) is 0 Å². The van der Waals surface area contributed by atoms with Crippen molar-refractivity contribution in [1.82, 2.24) is 9.55 Å². The highest BCUT2D eigenvalue weighted by Gasteiger charge is 1.98. The maximum Gasteiger partial charge on any atom is 0.202 e. The molecule has 0 saturated carbocycles.